The number of thiazole rings is 1. The van der Waals surface area contributed by atoms with E-state index in [-0.39, 0.29) is 11.9 Å². The number of hydrogen-bond donors (Lipinski definition) is 2. The van der Waals surface area contributed by atoms with E-state index in [4.69, 9.17) is 4.74 Å². The number of aromatic nitrogens is 3. The van der Waals surface area contributed by atoms with Gasteiger partial charge in [0.15, 0.2) is 0 Å². The van der Waals surface area contributed by atoms with Crippen LogP contribution in [-0.4, -0.2) is 40.2 Å². The lowest BCUT2D eigenvalue weighted by atomic mass is 10.2. The van der Waals surface area contributed by atoms with Gasteiger partial charge in [-0.25, -0.2) is 15.0 Å². The van der Waals surface area contributed by atoms with Gasteiger partial charge in [-0.3, -0.25) is 9.18 Å². The highest BCUT2D eigenvalue weighted by molar-refractivity contribution is 7.09. The van der Waals surface area contributed by atoms with Crippen molar-refractivity contribution in [3.05, 3.63) is 52.6 Å². The van der Waals surface area contributed by atoms with Crippen LogP contribution in [0.3, 0.4) is 0 Å². The molecule has 2 aromatic heterocycles. The van der Waals surface area contributed by atoms with E-state index in [0.717, 1.165) is 22.2 Å². The lowest BCUT2D eigenvalue weighted by Crippen LogP contribution is -2.22. The van der Waals surface area contributed by atoms with Crippen molar-refractivity contribution >= 4 is 23.1 Å². The van der Waals surface area contributed by atoms with Crippen LogP contribution in [0.2, 0.25) is 0 Å². The standard InChI is InChI=1S/C21H24FN5O2S/c1-14(2)26-19-10-17(24-13-25-19)18-12-30-20(27-18)11-23-21(28)15-4-6-16(7-5-15)29-9-3-8-22/h4-7,10,12-14H,3,8-9,11H2,1-2H3,(H,23,28)(H,24,25,26). The Morgan fingerprint density at radius 1 is 1.20 bits per heavy atom. The SMILES string of the molecule is CC(C)Nc1cc(-c2csc(CNC(=O)c3ccc(OCCCF)cc3)n2)ncn1. The first-order chi connectivity index (χ1) is 14.5. The van der Waals surface area contributed by atoms with Crippen LogP contribution in [0.5, 0.6) is 5.75 Å². The lowest BCUT2D eigenvalue weighted by molar-refractivity contribution is 0.0951. The number of carbonyl (C=O) groups is 1. The van der Waals surface area contributed by atoms with Crippen LogP contribution in [0.1, 0.15) is 35.6 Å². The van der Waals surface area contributed by atoms with E-state index >= 15 is 0 Å². The molecule has 0 aliphatic rings. The van der Waals surface area contributed by atoms with Crippen LogP contribution >= 0.6 is 11.3 Å². The monoisotopic (exact) mass is 429 g/mol. The fraction of sp³-hybridized carbons (Fsp3) is 0.333. The second-order valence-corrected chi connectivity index (χ2v) is 7.75. The third-order valence-corrected chi connectivity index (χ3v) is 4.83. The summed E-state index contributed by atoms with van der Waals surface area (Å²) in [5.41, 5.74) is 1.99. The van der Waals surface area contributed by atoms with Gasteiger partial charge in [0.1, 0.15) is 28.6 Å². The van der Waals surface area contributed by atoms with E-state index in [0.29, 0.717) is 30.9 Å². The van der Waals surface area contributed by atoms with Crippen molar-refractivity contribution in [1.82, 2.24) is 20.3 Å². The minimum absolute atomic E-state index is 0.201. The van der Waals surface area contributed by atoms with Crippen LogP contribution < -0.4 is 15.4 Å². The van der Waals surface area contributed by atoms with Crippen molar-refractivity contribution in [2.45, 2.75) is 32.9 Å². The fourth-order valence-electron chi connectivity index (χ4n) is 2.59. The number of nitrogens with one attached hydrogen (secondary N) is 2. The van der Waals surface area contributed by atoms with Gasteiger partial charge in [-0.2, -0.15) is 0 Å². The second-order valence-electron chi connectivity index (χ2n) is 6.81. The first-order valence-electron chi connectivity index (χ1n) is 9.65. The quantitative estimate of drug-likeness (QED) is 0.472. The highest BCUT2D eigenvalue weighted by Crippen LogP contribution is 2.22. The molecule has 3 rings (SSSR count). The summed E-state index contributed by atoms with van der Waals surface area (Å²) in [6.07, 6.45) is 1.86. The van der Waals surface area contributed by atoms with Gasteiger partial charge in [-0.15, -0.1) is 11.3 Å². The number of amides is 1. The minimum Gasteiger partial charge on any atom is -0.493 e. The number of benzene rings is 1. The summed E-state index contributed by atoms with van der Waals surface area (Å²) in [6.45, 7) is 4.31. The zero-order valence-corrected chi connectivity index (χ0v) is 17.7. The topological polar surface area (TPSA) is 89.0 Å². The van der Waals surface area contributed by atoms with Gasteiger partial charge in [0.05, 0.1) is 25.5 Å². The van der Waals surface area contributed by atoms with Gasteiger partial charge >= 0.3 is 0 Å². The molecule has 2 N–H and O–H groups in total. The van der Waals surface area contributed by atoms with Crippen LogP contribution in [-0.2, 0) is 6.54 Å². The van der Waals surface area contributed by atoms with E-state index in [1.54, 1.807) is 24.3 Å². The minimum atomic E-state index is -0.411. The number of rotatable bonds is 10. The number of carbonyl (C=O) groups excluding carboxylic acids is 1. The summed E-state index contributed by atoms with van der Waals surface area (Å²) in [5.74, 6) is 1.16. The average Bonchev–Trinajstić information content (AvgIpc) is 3.22. The summed E-state index contributed by atoms with van der Waals surface area (Å²) < 4.78 is 17.5. The predicted octanol–water partition coefficient (Wildman–Crippen LogP) is 4.09. The molecule has 1 aromatic carbocycles. The summed E-state index contributed by atoms with van der Waals surface area (Å²) >= 11 is 1.46. The van der Waals surface area contributed by atoms with E-state index < -0.39 is 6.67 Å². The Bertz CT molecular complexity index is 962. The van der Waals surface area contributed by atoms with Crippen molar-refractivity contribution in [2.24, 2.45) is 0 Å². The zero-order chi connectivity index (χ0) is 21.3. The van der Waals surface area contributed by atoms with E-state index in [1.165, 1.54) is 17.7 Å². The average molecular weight is 430 g/mol. The van der Waals surface area contributed by atoms with Gasteiger partial charge in [-0.05, 0) is 38.1 Å². The summed E-state index contributed by atoms with van der Waals surface area (Å²) in [7, 11) is 0. The fourth-order valence-corrected chi connectivity index (χ4v) is 3.31. The Hall–Kier alpha value is -3.07. The third-order valence-electron chi connectivity index (χ3n) is 3.98. The van der Waals surface area contributed by atoms with Gasteiger partial charge in [-0.1, -0.05) is 0 Å². The summed E-state index contributed by atoms with van der Waals surface area (Å²) in [4.78, 5) is 25.4. The first kappa shape index (κ1) is 21.6. The summed E-state index contributed by atoms with van der Waals surface area (Å²) in [5, 5.41) is 8.79. The van der Waals surface area contributed by atoms with E-state index in [2.05, 4.69) is 25.6 Å². The molecule has 0 radical (unpaired) electrons. The van der Waals surface area contributed by atoms with Gasteiger partial charge in [0.2, 0.25) is 0 Å². The van der Waals surface area contributed by atoms with Crippen molar-refractivity contribution in [1.29, 1.82) is 0 Å². The number of ether oxygens (including phenoxy) is 1. The Morgan fingerprint density at radius 3 is 2.73 bits per heavy atom. The lowest BCUT2D eigenvalue weighted by Gasteiger charge is -2.08. The molecule has 0 atom stereocenters. The second kappa shape index (κ2) is 10.6. The Kier molecular flexibility index (Phi) is 7.67. The third kappa shape index (κ3) is 6.21. The Morgan fingerprint density at radius 2 is 2.00 bits per heavy atom. The van der Waals surface area contributed by atoms with Gasteiger partial charge < -0.3 is 15.4 Å². The molecular weight excluding hydrogens is 405 g/mol. The van der Waals surface area contributed by atoms with Crippen LogP contribution in [0.25, 0.3) is 11.4 Å². The molecule has 0 bridgehead atoms. The molecule has 1 amide bonds. The van der Waals surface area contributed by atoms with E-state index in [1.807, 2.05) is 25.3 Å². The molecule has 0 unspecified atom stereocenters. The maximum Gasteiger partial charge on any atom is 0.251 e. The number of alkyl halides is 1. The van der Waals surface area contributed by atoms with Crippen molar-refractivity contribution in [3.8, 4) is 17.1 Å². The number of halogens is 1. The molecule has 0 saturated heterocycles. The predicted molar refractivity (Wildman–Crippen MR) is 116 cm³/mol. The molecule has 158 valence electrons. The van der Waals surface area contributed by atoms with E-state index in [9.17, 15) is 9.18 Å². The van der Waals surface area contributed by atoms with Crippen molar-refractivity contribution in [2.75, 3.05) is 18.6 Å². The number of nitrogens with zero attached hydrogens (tertiary/aromatic N) is 3. The molecule has 0 spiro atoms. The molecule has 3 aromatic rings. The molecule has 0 aliphatic carbocycles. The molecule has 0 saturated carbocycles. The maximum absolute atomic E-state index is 12.4. The molecule has 2 heterocycles. The molecule has 7 nitrogen and oxygen atoms in total. The number of hydrogen-bond acceptors (Lipinski definition) is 7. The maximum atomic E-state index is 12.4. The van der Waals surface area contributed by atoms with Gasteiger partial charge in [0.25, 0.3) is 5.91 Å². The summed E-state index contributed by atoms with van der Waals surface area (Å²) in [6, 6.07) is 8.88. The normalized spacial score (nSPS) is 10.8. The molecular formula is C21H24FN5O2S. The van der Waals surface area contributed by atoms with Crippen LogP contribution in [0.15, 0.2) is 42.0 Å². The molecule has 0 fully saturated rings. The highest BCUT2D eigenvalue weighted by Gasteiger charge is 2.10. The highest BCUT2D eigenvalue weighted by atomic mass is 32.1. The van der Waals surface area contributed by atoms with Crippen molar-refractivity contribution in [3.63, 3.8) is 0 Å². The smallest absolute Gasteiger partial charge is 0.251 e. The van der Waals surface area contributed by atoms with Crippen molar-refractivity contribution < 1.29 is 13.9 Å². The molecule has 9 heteroatoms. The zero-order valence-electron chi connectivity index (χ0n) is 16.9. The van der Waals surface area contributed by atoms with Crippen LogP contribution in [0, 0.1) is 0 Å². The largest absolute Gasteiger partial charge is 0.493 e. The molecule has 30 heavy (non-hydrogen) atoms. The Labute approximate surface area is 178 Å². The van der Waals surface area contributed by atoms with Gasteiger partial charge in [0, 0.05) is 29.5 Å². The number of anilines is 1. The molecule has 0 aliphatic heterocycles. The Balaban J connectivity index is 1.55. The van der Waals surface area contributed by atoms with Crippen LogP contribution in [0.4, 0.5) is 10.2 Å². The first-order valence-corrected chi connectivity index (χ1v) is 10.5.